The maximum atomic E-state index is 12.2. The van der Waals surface area contributed by atoms with Crippen molar-refractivity contribution in [3.8, 4) is 0 Å². The number of aryl methyl sites for hydroxylation is 1. The van der Waals surface area contributed by atoms with Crippen LogP contribution in [0.2, 0.25) is 0 Å². The van der Waals surface area contributed by atoms with Gasteiger partial charge >= 0.3 is 0 Å². The molecule has 0 bridgehead atoms. The molecule has 0 aliphatic heterocycles. The lowest BCUT2D eigenvalue weighted by Crippen LogP contribution is -2.34. The first-order valence-electron chi connectivity index (χ1n) is 6.96. The zero-order chi connectivity index (χ0) is 14.8. The minimum atomic E-state index is -0.0406. The van der Waals surface area contributed by atoms with Crippen molar-refractivity contribution in [1.29, 1.82) is 0 Å². The molecule has 0 aliphatic rings. The van der Waals surface area contributed by atoms with E-state index in [4.69, 9.17) is 0 Å². The van der Waals surface area contributed by atoms with Gasteiger partial charge in [-0.05, 0) is 52.9 Å². The molecule has 108 valence electrons. The second kappa shape index (κ2) is 9.56. The second-order valence-corrected chi connectivity index (χ2v) is 4.59. The van der Waals surface area contributed by atoms with E-state index in [1.807, 2.05) is 58.0 Å². The minimum absolute atomic E-state index is 0.0406. The Morgan fingerprint density at radius 1 is 1.21 bits per heavy atom. The minimum Gasteiger partial charge on any atom is -0.343 e. The van der Waals surface area contributed by atoms with Gasteiger partial charge in [-0.2, -0.15) is 0 Å². The van der Waals surface area contributed by atoms with Crippen LogP contribution in [-0.2, 0) is 4.79 Å². The van der Waals surface area contributed by atoms with Crippen LogP contribution in [-0.4, -0.2) is 38.0 Å². The van der Waals surface area contributed by atoms with Crippen LogP contribution in [0.1, 0.15) is 37.8 Å². The van der Waals surface area contributed by atoms with Gasteiger partial charge in [0.2, 0.25) is 5.91 Å². The van der Waals surface area contributed by atoms with E-state index in [1.54, 1.807) is 0 Å². The normalized spacial score (nSPS) is 11.3. The Morgan fingerprint density at radius 2 is 1.68 bits per heavy atom. The molecular formula is C16H28N2O. The first-order valence-corrected chi connectivity index (χ1v) is 6.96. The van der Waals surface area contributed by atoms with E-state index in [0.29, 0.717) is 0 Å². The summed E-state index contributed by atoms with van der Waals surface area (Å²) in [7, 11) is 3.75. The molecule has 3 heteroatoms. The maximum Gasteiger partial charge on any atom is 0.229 e. The van der Waals surface area contributed by atoms with E-state index in [1.165, 1.54) is 5.56 Å². The number of nitrogens with one attached hydrogen (secondary N) is 1. The summed E-state index contributed by atoms with van der Waals surface area (Å²) in [6.07, 6.45) is 0. The number of likely N-dealkylation sites (N-methyl/N-ethyl adjacent to an activating group) is 1. The maximum absolute atomic E-state index is 12.2. The van der Waals surface area contributed by atoms with Gasteiger partial charge in [0, 0.05) is 13.1 Å². The van der Waals surface area contributed by atoms with E-state index in [2.05, 4.69) is 18.3 Å². The molecule has 1 unspecified atom stereocenters. The average molecular weight is 264 g/mol. The molecular weight excluding hydrogens is 236 g/mol. The Morgan fingerprint density at radius 3 is 2.11 bits per heavy atom. The van der Waals surface area contributed by atoms with Crippen molar-refractivity contribution in [1.82, 2.24) is 10.2 Å². The molecule has 1 N–H and O–H groups in total. The molecule has 0 fully saturated rings. The molecule has 1 amide bonds. The molecule has 0 radical (unpaired) electrons. The number of carbonyl (C=O) groups excluding carboxylic acids is 1. The molecule has 0 saturated carbocycles. The number of rotatable bonds is 4. The summed E-state index contributed by atoms with van der Waals surface area (Å²) in [4.78, 5) is 14.1. The number of amides is 1. The fourth-order valence-corrected chi connectivity index (χ4v) is 2.01. The molecule has 0 saturated heterocycles. The first kappa shape index (κ1) is 17.6. The number of nitrogens with zero attached hydrogens (tertiary/aromatic N) is 1. The lowest BCUT2D eigenvalue weighted by atomic mass is 9.95. The summed E-state index contributed by atoms with van der Waals surface area (Å²) in [6.45, 7) is 9.65. The van der Waals surface area contributed by atoms with Crippen LogP contribution < -0.4 is 5.32 Å². The Kier molecular flexibility index (Phi) is 8.88. The molecule has 3 nitrogen and oxygen atoms in total. The fourth-order valence-electron chi connectivity index (χ4n) is 2.01. The molecule has 1 aromatic rings. The molecule has 1 aromatic carbocycles. The Labute approximate surface area is 118 Å². The standard InChI is InChI=1S/C14H21NO.C2H7N/c1-5-15(6-2)14(16)12(4)13-10-8-7-9-11(13)3;1-3-2/h7-10,12H,5-6H2,1-4H3;3H,1-2H3. The van der Waals surface area contributed by atoms with Gasteiger partial charge in [0.1, 0.15) is 0 Å². The van der Waals surface area contributed by atoms with E-state index in [-0.39, 0.29) is 11.8 Å². The van der Waals surface area contributed by atoms with E-state index in [0.717, 1.165) is 18.7 Å². The average Bonchev–Trinajstić information content (AvgIpc) is 2.40. The summed E-state index contributed by atoms with van der Waals surface area (Å²) in [6, 6.07) is 8.10. The van der Waals surface area contributed by atoms with Gasteiger partial charge in [-0.3, -0.25) is 4.79 Å². The summed E-state index contributed by atoms with van der Waals surface area (Å²) in [5, 5.41) is 2.75. The highest BCUT2D eigenvalue weighted by Crippen LogP contribution is 2.21. The highest BCUT2D eigenvalue weighted by Gasteiger charge is 2.20. The molecule has 0 aliphatic carbocycles. The van der Waals surface area contributed by atoms with Crippen molar-refractivity contribution in [3.63, 3.8) is 0 Å². The van der Waals surface area contributed by atoms with Crippen LogP contribution in [0.25, 0.3) is 0 Å². The van der Waals surface area contributed by atoms with Crippen LogP contribution in [0.4, 0.5) is 0 Å². The third kappa shape index (κ3) is 5.43. The van der Waals surface area contributed by atoms with Gasteiger partial charge in [0.25, 0.3) is 0 Å². The predicted molar refractivity (Wildman–Crippen MR) is 82.5 cm³/mol. The number of hydrogen-bond donors (Lipinski definition) is 1. The van der Waals surface area contributed by atoms with Gasteiger partial charge in [0.15, 0.2) is 0 Å². The van der Waals surface area contributed by atoms with Crippen molar-refractivity contribution in [3.05, 3.63) is 35.4 Å². The van der Waals surface area contributed by atoms with Crippen LogP contribution in [0, 0.1) is 6.92 Å². The van der Waals surface area contributed by atoms with Crippen molar-refractivity contribution in [2.75, 3.05) is 27.2 Å². The second-order valence-electron chi connectivity index (χ2n) is 4.59. The molecule has 19 heavy (non-hydrogen) atoms. The fraction of sp³-hybridized carbons (Fsp3) is 0.562. The Balaban J connectivity index is 0.000000982. The lowest BCUT2D eigenvalue weighted by molar-refractivity contribution is -0.132. The largest absolute Gasteiger partial charge is 0.343 e. The smallest absolute Gasteiger partial charge is 0.229 e. The summed E-state index contributed by atoms with van der Waals surface area (Å²) in [5.74, 6) is 0.181. The van der Waals surface area contributed by atoms with Gasteiger partial charge in [-0.1, -0.05) is 24.3 Å². The van der Waals surface area contributed by atoms with Gasteiger partial charge in [-0.25, -0.2) is 0 Å². The topological polar surface area (TPSA) is 32.3 Å². The van der Waals surface area contributed by atoms with Crippen LogP contribution in [0.15, 0.2) is 24.3 Å². The van der Waals surface area contributed by atoms with E-state index in [9.17, 15) is 4.79 Å². The first-order chi connectivity index (χ1) is 9.03. The third-order valence-electron chi connectivity index (χ3n) is 3.10. The highest BCUT2D eigenvalue weighted by molar-refractivity contribution is 5.83. The van der Waals surface area contributed by atoms with Crippen molar-refractivity contribution >= 4 is 5.91 Å². The van der Waals surface area contributed by atoms with Crippen molar-refractivity contribution in [2.24, 2.45) is 0 Å². The van der Waals surface area contributed by atoms with Crippen LogP contribution in [0.5, 0.6) is 0 Å². The quantitative estimate of drug-likeness (QED) is 0.907. The van der Waals surface area contributed by atoms with Crippen molar-refractivity contribution < 1.29 is 4.79 Å². The molecule has 0 aromatic heterocycles. The molecule has 1 rings (SSSR count). The zero-order valence-corrected chi connectivity index (χ0v) is 13.2. The third-order valence-corrected chi connectivity index (χ3v) is 3.10. The molecule has 0 spiro atoms. The van der Waals surface area contributed by atoms with E-state index < -0.39 is 0 Å². The van der Waals surface area contributed by atoms with Gasteiger partial charge in [0.05, 0.1) is 5.92 Å². The summed E-state index contributed by atoms with van der Waals surface area (Å²) < 4.78 is 0. The zero-order valence-electron chi connectivity index (χ0n) is 13.2. The van der Waals surface area contributed by atoms with Gasteiger partial charge < -0.3 is 10.2 Å². The Bertz CT molecular complexity index is 373. The van der Waals surface area contributed by atoms with E-state index >= 15 is 0 Å². The highest BCUT2D eigenvalue weighted by atomic mass is 16.2. The van der Waals surface area contributed by atoms with Crippen molar-refractivity contribution in [2.45, 2.75) is 33.6 Å². The molecule has 0 heterocycles. The number of benzene rings is 1. The predicted octanol–water partition coefficient (Wildman–Crippen LogP) is 2.80. The number of hydrogen-bond acceptors (Lipinski definition) is 2. The van der Waals surface area contributed by atoms with Crippen LogP contribution >= 0.6 is 0 Å². The van der Waals surface area contributed by atoms with Crippen LogP contribution in [0.3, 0.4) is 0 Å². The monoisotopic (exact) mass is 264 g/mol. The Hall–Kier alpha value is -1.35. The summed E-state index contributed by atoms with van der Waals surface area (Å²) in [5.41, 5.74) is 2.33. The SMILES string of the molecule is CCN(CC)C(=O)C(C)c1ccccc1C.CNC. The lowest BCUT2D eigenvalue weighted by Gasteiger charge is -2.23. The number of carbonyl (C=O) groups is 1. The molecule has 1 atom stereocenters. The van der Waals surface area contributed by atoms with Gasteiger partial charge in [-0.15, -0.1) is 0 Å². The summed E-state index contributed by atoms with van der Waals surface area (Å²) >= 11 is 0.